The molecule has 1 N–H and O–H groups in total. The third-order valence-corrected chi connectivity index (χ3v) is 5.24. The van der Waals surface area contributed by atoms with Crippen molar-refractivity contribution in [3.63, 3.8) is 0 Å². The van der Waals surface area contributed by atoms with E-state index in [9.17, 15) is 4.79 Å². The predicted octanol–water partition coefficient (Wildman–Crippen LogP) is 5.13. The maximum atomic E-state index is 12.5. The van der Waals surface area contributed by atoms with Crippen LogP contribution in [-0.4, -0.2) is 18.2 Å². The molecule has 0 spiro atoms. The largest absolute Gasteiger partial charge is 0.494 e. The predicted molar refractivity (Wildman–Crippen MR) is 122 cm³/mol. The number of ether oxygens (including phenoxy) is 2. The number of aryl methyl sites for hydroxylation is 1. The van der Waals surface area contributed by atoms with Crippen molar-refractivity contribution in [1.29, 1.82) is 0 Å². The molecule has 0 bridgehead atoms. The van der Waals surface area contributed by atoms with Crippen LogP contribution in [0.5, 0.6) is 11.5 Å². The molecule has 0 atom stereocenters. The highest BCUT2D eigenvalue weighted by molar-refractivity contribution is 6.04. The van der Waals surface area contributed by atoms with Crippen LogP contribution in [0.15, 0.2) is 77.9 Å². The molecule has 1 aliphatic rings. The van der Waals surface area contributed by atoms with Crippen molar-refractivity contribution in [2.75, 3.05) is 6.61 Å². The van der Waals surface area contributed by atoms with Gasteiger partial charge >= 0.3 is 0 Å². The van der Waals surface area contributed by atoms with Gasteiger partial charge in [-0.25, -0.2) is 5.43 Å². The average Bonchev–Trinajstić information content (AvgIpc) is 2.82. The molecule has 1 aliphatic carbocycles. The van der Waals surface area contributed by atoms with E-state index >= 15 is 0 Å². The lowest BCUT2D eigenvalue weighted by atomic mass is 9.90. The number of nitrogens with one attached hydrogen (secondary N) is 1. The van der Waals surface area contributed by atoms with E-state index in [4.69, 9.17) is 9.47 Å². The van der Waals surface area contributed by atoms with E-state index in [1.165, 1.54) is 5.56 Å². The molecule has 3 aromatic rings. The van der Waals surface area contributed by atoms with Crippen molar-refractivity contribution in [1.82, 2.24) is 5.43 Å². The minimum absolute atomic E-state index is 0.213. The number of amides is 1. The van der Waals surface area contributed by atoms with Crippen molar-refractivity contribution in [2.45, 2.75) is 32.8 Å². The Kier molecular flexibility index (Phi) is 6.62. The summed E-state index contributed by atoms with van der Waals surface area (Å²) in [5, 5.41) is 4.40. The zero-order valence-corrected chi connectivity index (χ0v) is 17.6. The number of rotatable bonds is 7. The molecule has 0 fully saturated rings. The van der Waals surface area contributed by atoms with Crippen molar-refractivity contribution >= 4 is 11.6 Å². The SMILES string of the molecule is CCOc1ccc(OCc2ccc(C(=O)N/N=C3/CCCc4ccccc43)cc2)cc1. The Balaban J connectivity index is 1.33. The summed E-state index contributed by atoms with van der Waals surface area (Å²) in [6, 6.07) is 23.2. The number of carbonyl (C=O) groups excluding carboxylic acids is 1. The van der Waals surface area contributed by atoms with Crippen LogP contribution in [0.4, 0.5) is 0 Å². The number of hydrazone groups is 1. The Morgan fingerprint density at radius 2 is 1.61 bits per heavy atom. The molecule has 158 valence electrons. The first-order chi connectivity index (χ1) is 15.2. The number of carbonyl (C=O) groups is 1. The summed E-state index contributed by atoms with van der Waals surface area (Å²) in [5.41, 5.74) is 7.63. The molecule has 0 aromatic heterocycles. The van der Waals surface area contributed by atoms with Gasteiger partial charge in [0.25, 0.3) is 5.91 Å². The molecular formula is C26H26N2O3. The fourth-order valence-electron chi connectivity index (χ4n) is 3.62. The first-order valence-corrected chi connectivity index (χ1v) is 10.6. The Morgan fingerprint density at radius 3 is 2.35 bits per heavy atom. The van der Waals surface area contributed by atoms with Gasteiger partial charge in [-0.15, -0.1) is 0 Å². The summed E-state index contributed by atoms with van der Waals surface area (Å²) < 4.78 is 11.2. The summed E-state index contributed by atoms with van der Waals surface area (Å²) in [7, 11) is 0. The number of hydrogen-bond acceptors (Lipinski definition) is 4. The van der Waals surface area contributed by atoms with Crippen molar-refractivity contribution in [3.8, 4) is 11.5 Å². The second-order valence-corrected chi connectivity index (χ2v) is 7.40. The second-order valence-electron chi connectivity index (χ2n) is 7.40. The van der Waals surface area contributed by atoms with Crippen LogP contribution < -0.4 is 14.9 Å². The number of fused-ring (bicyclic) bond motifs is 1. The fraction of sp³-hybridized carbons (Fsp3) is 0.231. The first kappa shape index (κ1) is 20.7. The molecule has 0 unspecified atom stereocenters. The smallest absolute Gasteiger partial charge is 0.271 e. The van der Waals surface area contributed by atoms with Crippen molar-refractivity contribution < 1.29 is 14.3 Å². The third kappa shape index (κ3) is 5.31. The molecule has 1 amide bonds. The van der Waals surface area contributed by atoms with Gasteiger partial charge in [-0.05, 0) is 73.7 Å². The van der Waals surface area contributed by atoms with Gasteiger partial charge in [0.1, 0.15) is 18.1 Å². The quantitative estimate of drug-likeness (QED) is 0.545. The Bertz CT molecular complexity index is 1060. The van der Waals surface area contributed by atoms with Crippen LogP contribution in [0.1, 0.15) is 46.8 Å². The van der Waals surface area contributed by atoms with E-state index in [1.54, 1.807) is 12.1 Å². The molecule has 5 nitrogen and oxygen atoms in total. The van der Waals surface area contributed by atoms with Crippen LogP contribution >= 0.6 is 0 Å². The summed E-state index contributed by atoms with van der Waals surface area (Å²) in [4.78, 5) is 12.5. The molecule has 31 heavy (non-hydrogen) atoms. The molecule has 5 heteroatoms. The van der Waals surface area contributed by atoms with Crippen LogP contribution in [0.2, 0.25) is 0 Å². The van der Waals surface area contributed by atoms with Gasteiger partial charge in [0.15, 0.2) is 0 Å². The number of hydrogen-bond donors (Lipinski definition) is 1. The summed E-state index contributed by atoms with van der Waals surface area (Å²) in [6.07, 6.45) is 2.98. The highest BCUT2D eigenvalue weighted by Crippen LogP contribution is 2.21. The van der Waals surface area contributed by atoms with Crippen LogP contribution in [0.3, 0.4) is 0 Å². The molecule has 4 rings (SSSR count). The second kappa shape index (κ2) is 9.94. The maximum Gasteiger partial charge on any atom is 0.271 e. The van der Waals surface area contributed by atoms with Gasteiger partial charge in [-0.3, -0.25) is 4.79 Å². The van der Waals surface area contributed by atoms with Gasteiger partial charge < -0.3 is 9.47 Å². The lowest BCUT2D eigenvalue weighted by Gasteiger charge is -2.17. The Hall–Kier alpha value is -3.60. The van der Waals surface area contributed by atoms with E-state index in [-0.39, 0.29) is 5.91 Å². The monoisotopic (exact) mass is 414 g/mol. The molecular weight excluding hydrogens is 388 g/mol. The minimum atomic E-state index is -0.213. The van der Waals surface area contributed by atoms with Crippen molar-refractivity contribution in [2.24, 2.45) is 5.10 Å². The van der Waals surface area contributed by atoms with E-state index in [1.807, 2.05) is 55.5 Å². The molecule has 0 saturated carbocycles. The molecule has 0 radical (unpaired) electrons. The normalized spacial score (nSPS) is 14.0. The Morgan fingerprint density at radius 1 is 0.903 bits per heavy atom. The summed E-state index contributed by atoms with van der Waals surface area (Å²) in [5.74, 6) is 1.38. The lowest BCUT2D eigenvalue weighted by molar-refractivity contribution is 0.0954. The van der Waals surface area contributed by atoms with Gasteiger partial charge in [0.05, 0.1) is 12.3 Å². The summed E-state index contributed by atoms with van der Waals surface area (Å²) in [6.45, 7) is 3.02. The maximum absolute atomic E-state index is 12.5. The van der Waals surface area contributed by atoms with E-state index in [0.29, 0.717) is 18.8 Å². The van der Waals surface area contributed by atoms with Gasteiger partial charge in [-0.1, -0.05) is 36.4 Å². The number of benzene rings is 3. The molecule has 0 saturated heterocycles. The Labute approximate surface area is 182 Å². The summed E-state index contributed by atoms with van der Waals surface area (Å²) >= 11 is 0. The van der Waals surface area contributed by atoms with Crippen LogP contribution in [-0.2, 0) is 13.0 Å². The minimum Gasteiger partial charge on any atom is -0.494 e. The zero-order valence-electron chi connectivity index (χ0n) is 17.6. The van der Waals surface area contributed by atoms with Gasteiger partial charge in [-0.2, -0.15) is 5.10 Å². The first-order valence-electron chi connectivity index (χ1n) is 10.6. The van der Waals surface area contributed by atoms with Crippen molar-refractivity contribution in [3.05, 3.63) is 95.1 Å². The highest BCUT2D eigenvalue weighted by atomic mass is 16.5. The van der Waals surface area contributed by atoms with E-state index in [0.717, 1.165) is 47.6 Å². The fourth-order valence-corrected chi connectivity index (χ4v) is 3.62. The zero-order chi connectivity index (χ0) is 21.5. The third-order valence-electron chi connectivity index (χ3n) is 5.24. The van der Waals surface area contributed by atoms with Crippen LogP contribution in [0, 0.1) is 0 Å². The average molecular weight is 415 g/mol. The lowest BCUT2D eigenvalue weighted by Crippen LogP contribution is -2.22. The van der Waals surface area contributed by atoms with E-state index in [2.05, 4.69) is 22.7 Å². The molecule has 0 aliphatic heterocycles. The number of nitrogens with zero attached hydrogens (tertiary/aromatic N) is 1. The van der Waals surface area contributed by atoms with E-state index < -0.39 is 0 Å². The molecule has 3 aromatic carbocycles. The standard InChI is InChI=1S/C26H26N2O3/c1-2-30-22-14-16-23(17-15-22)31-18-19-10-12-21(13-11-19)26(29)28-27-25-9-5-7-20-6-3-4-8-24(20)25/h3-4,6,8,10-17H,2,5,7,9,18H2,1H3,(H,28,29)/b27-25-. The topological polar surface area (TPSA) is 59.9 Å². The van der Waals surface area contributed by atoms with Gasteiger partial charge in [0, 0.05) is 11.1 Å². The highest BCUT2D eigenvalue weighted by Gasteiger charge is 2.15. The van der Waals surface area contributed by atoms with Gasteiger partial charge in [0.2, 0.25) is 0 Å². The van der Waals surface area contributed by atoms with Crippen LogP contribution in [0.25, 0.3) is 0 Å². The molecule has 0 heterocycles.